The predicted molar refractivity (Wildman–Crippen MR) is 139 cm³/mol. The lowest BCUT2D eigenvalue weighted by molar-refractivity contribution is -0.132. The van der Waals surface area contributed by atoms with Crippen molar-refractivity contribution >= 4 is 11.6 Å². The van der Waals surface area contributed by atoms with E-state index >= 15 is 0 Å². The largest absolute Gasteiger partial charge is 0.497 e. The molecule has 2 aromatic carbocycles. The number of methoxy groups -OCH3 is 2. The zero-order chi connectivity index (χ0) is 25.7. The van der Waals surface area contributed by atoms with Crippen LogP contribution in [0.2, 0.25) is 0 Å². The molecule has 1 aliphatic heterocycles. The molecule has 1 aromatic heterocycles. The summed E-state index contributed by atoms with van der Waals surface area (Å²) in [5, 5.41) is 4.74. The van der Waals surface area contributed by atoms with E-state index in [1.165, 1.54) is 11.6 Å². The maximum absolute atomic E-state index is 13.8. The lowest BCUT2D eigenvalue weighted by atomic mass is 10.1. The van der Waals surface area contributed by atoms with Gasteiger partial charge in [-0.15, -0.1) is 0 Å². The van der Waals surface area contributed by atoms with Crippen LogP contribution in [0.15, 0.2) is 42.5 Å². The van der Waals surface area contributed by atoms with Crippen LogP contribution in [-0.2, 0) is 22.5 Å². The number of aromatic nitrogens is 2. The molecular weight excluding hydrogens is 459 g/mol. The zero-order valence-electron chi connectivity index (χ0n) is 21.6. The van der Waals surface area contributed by atoms with Crippen molar-refractivity contribution in [3.05, 3.63) is 65.1 Å². The number of piperazine rings is 1. The Kier molecular flexibility index (Phi) is 8.25. The van der Waals surface area contributed by atoms with E-state index < -0.39 is 0 Å². The number of anilines is 1. The van der Waals surface area contributed by atoms with Gasteiger partial charge in [-0.1, -0.05) is 6.07 Å². The number of rotatable bonds is 9. The summed E-state index contributed by atoms with van der Waals surface area (Å²) < 4.78 is 26.2. The Morgan fingerprint density at radius 1 is 1.00 bits per heavy atom. The Morgan fingerprint density at radius 3 is 2.47 bits per heavy atom. The zero-order valence-corrected chi connectivity index (χ0v) is 21.6. The van der Waals surface area contributed by atoms with E-state index in [2.05, 4.69) is 24.0 Å². The third-order valence-electron chi connectivity index (χ3n) is 6.77. The average Bonchev–Trinajstić information content (AvgIpc) is 3.28. The van der Waals surface area contributed by atoms with Gasteiger partial charge in [0, 0.05) is 62.9 Å². The summed E-state index contributed by atoms with van der Waals surface area (Å²) in [5.41, 5.74) is 5.47. The highest BCUT2D eigenvalue weighted by molar-refractivity contribution is 5.76. The fourth-order valence-corrected chi connectivity index (χ4v) is 4.62. The highest BCUT2D eigenvalue weighted by atomic mass is 19.1. The molecule has 3 aromatic rings. The number of carbonyl (C=O) groups is 1. The molecule has 2 heterocycles. The lowest BCUT2D eigenvalue weighted by Gasteiger charge is -2.37. The molecule has 0 N–H and O–H groups in total. The average molecular weight is 495 g/mol. The van der Waals surface area contributed by atoms with Gasteiger partial charge >= 0.3 is 0 Å². The van der Waals surface area contributed by atoms with Crippen molar-refractivity contribution < 1.29 is 18.7 Å². The van der Waals surface area contributed by atoms with Crippen LogP contribution in [0, 0.1) is 19.7 Å². The Morgan fingerprint density at radius 2 is 1.78 bits per heavy atom. The molecule has 0 radical (unpaired) electrons. The highest BCUT2D eigenvalue weighted by Crippen LogP contribution is 2.27. The Hall–Kier alpha value is -3.39. The van der Waals surface area contributed by atoms with Crippen molar-refractivity contribution in [2.45, 2.75) is 33.2 Å². The van der Waals surface area contributed by atoms with Gasteiger partial charge in [0.05, 0.1) is 12.8 Å². The fourth-order valence-electron chi connectivity index (χ4n) is 4.62. The summed E-state index contributed by atoms with van der Waals surface area (Å²) in [6.07, 6.45) is 1.58. The van der Waals surface area contributed by atoms with E-state index in [9.17, 15) is 9.18 Å². The molecule has 36 heavy (non-hydrogen) atoms. The third-order valence-corrected chi connectivity index (χ3v) is 6.77. The number of aryl methyl sites for hydroxylation is 3. The van der Waals surface area contributed by atoms with Gasteiger partial charge in [-0.05, 0) is 68.1 Å². The lowest BCUT2D eigenvalue weighted by Crippen LogP contribution is -2.50. The van der Waals surface area contributed by atoms with Crippen LogP contribution in [-0.4, -0.2) is 67.6 Å². The number of amides is 1. The van der Waals surface area contributed by atoms with E-state index in [-0.39, 0.29) is 18.3 Å². The molecule has 1 aliphatic rings. The van der Waals surface area contributed by atoms with Crippen LogP contribution in [0.25, 0.3) is 11.3 Å². The first kappa shape index (κ1) is 25.7. The fraction of sp³-hybridized carbons (Fsp3) is 0.429. The minimum Gasteiger partial charge on any atom is -0.497 e. The molecular formula is C28H35FN4O3. The van der Waals surface area contributed by atoms with Crippen LogP contribution in [0.1, 0.15) is 23.2 Å². The molecule has 7 nitrogen and oxygen atoms in total. The molecule has 8 heteroatoms. The maximum atomic E-state index is 13.8. The molecule has 0 spiro atoms. The van der Waals surface area contributed by atoms with Gasteiger partial charge in [0.25, 0.3) is 0 Å². The van der Waals surface area contributed by atoms with Crippen LogP contribution >= 0.6 is 0 Å². The second-order valence-electron chi connectivity index (χ2n) is 9.26. The van der Waals surface area contributed by atoms with Crippen molar-refractivity contribution in [1.29, 1.82) is 0 Å². The van der Waals surface area contributed by atoms with E-state index in [4.69, 9.17) is 14.6 Å². The van der Waals surface area contributed by atoms with Crippen molar-refractivity contribution in [3.63, 3.8) is 0 Å². The Labute approximate surface area is 212 Å². The molecule has 1 amide bonds. The van der Waals surface area contributed by atoms with Gasteiger partial charge in [-0.25, -0.2) is 4.39 Å². The summed E-state index contributed by atoms with van der Waals surface area (Å²) >= 11 is 0. The molecule has 0 saturated carbocycles. The molecule has 0 aliphatic carbocycles. The Balaban J connectivity index is 1.45. The minimum atomic E-state index is -0.239. The van der Waals surface area contributed by atoms with Gasteiger partial charge in [0.2, 0.25) is 5.91 Å². The number of carbonyl (C=O) groups excluding carboxylic acids is 1. The number of benzene rings is 2. The van der Waals surface area contributed by atoms with E-state index in [0.29, 0.717) is 25.3 Å². The summed E-state index contributed by atoms with van der Waals surface area (Å²) in [6.45, 7) is 7.48. The smallest absolute Gasteiger partial charge is 0.244 e. The number of hydrogen-bond donors (Lipinski definition) is 0. The second kappa shape index (κ2) is 11.6. The molecule has 4 rings (SSSR count). The summed E-state index contributed by atoms with van der Waals surface area (Å²) in [4.78, 5) is 17.5. The van der Waals surface area contributed by atoms with Gasteiger partial charge in [0.15, 0.2) is 0 Å². The van der Waals surface area contributed by atoms with Crippen LogP contribution in [0.4, 0.5) is 10.1 Å². The van der Waals surface area contributed by atoms with Crippen LogP contribution in [0.5, 0.6) is 5.75 Å². The van der Waals surface area contributed by atoms with Crippen molar-refractivity contribution in [1.82, 2.24) is 14.7 Å². The summed E-state index contributed by atoms with van der Waals surface area (Å²) in [6, 6.07) is 13.1. The van der Waals surface area contributed by atoms with E-state index in [0.717, 1.165) is 54.3 Å². The van der Waals surface area contributed by atoms with Crippen molar-refractivity contribution in [2.75, 3.05) is 51.9 Å². The van der Waals surface area contributed by atoms with Gasteiger partial charge in [0.1, 0.15) is 18.1 Å². The van der Waals surface area contributed by atoms with Gasteiger partial charge < -0.3 is 19.3 Å². The van der Waals surface area contributed by atoms with Crippen molar-refractivity contribution in [3.8, 4) is 17.0 Å². The molecule has 1 fully saturated rings. The third kappa shape index (κ3) is 5.87. The monoisotopic (exact) mass is 494 g/mol. The van der Waals surface area contributed by atoms with Gasteiger partial charge in [-0.2, -0.15) is 5.10 Å². The van der Waals surface area contributed by atoms with Crippen LogP contribution in [0.3, 0.4) is 0 Å². The number of nitrogens with zero attached hydrogens (tertiary/aromatic N) is 4. The first-order valence-corrected chi connectivity index (χ1v) is 12.4. The highest BCUT2D eigenvalue weighted by Gasteiger charge is 2.24. The van der Waals surface area contributed by atoms with Crippen molar-refractivity contribution in [2.24, 2.45) is 0 Å². The molecule has 0 unspecified atom stereocenters. The first-order chi connectivity index (χ1) is 17.4. The quantitative estimate of drug-likeness (QED) is 0.417. The predicted octanol–water partition coefficient (Wildman–Crippen LogP) is 4.24. The standard InChI is InChI=1S/C28H35FN4O3/c1-20-7-9-24(36-4)18-27(20)31-11-13-32(14-12-31)28(34)19-33-23(6-5-15-35-3)17-26(30-33)22-8-10-25(29)21(2)16-22/h7-10,16-18H,5-6,11-15,19H2,1-4H3. The maximum Gasteiger partial charge on any atom is 0.244 e. The summed E-state index contributed by atoms with van der Waals surface area (Å²) in [5.74, 6) is 0.646. The van der Waals surface area contributed by atoms with E-state index in [1.54, 1.807) is 38.0 Å². The molecule has 0 bridgehead atoms. The molecule has 0 atom stereocenters. The van der Waals surface area contributed by atoms with Gasteiger partial charge in [-0.3, -0.25) is 9.48 Å². The first-order valence-electron chi connectivity index (χ1n) is 12.4. The summed E-state index contributed by atoms with van der Waals surface area (Å²) in [7, 11) is 3.35. The van der Waals surface area contributed by atoms with E-state index in [1.807, 2.05) is 17.0 Å². The number of halogens is 1. The molecule has 1 saturated heterocycles. The van der Waals surface area contributed by atoms with Crippen LogP contribution < -0.4 is 9.64 Å². The SMILES string of the molecule is COCCCc1cc(-c2ccc(F)c(C)c2)nn1CC(=O)N1CCN(c2cc(OC)ccc2C)CC1. The Bertz CT molecular complexity index is 1200. The molecule has 192 valence electrons. The number of ether oxygens (including phenoxy) is 2. The minimum absolute atomic E-state index is 0.0509. The topological polar surface area (TPSA) is 59.8 Å². The second-order valence-corrected chi connectivity index (χ2v) is 9.26. The normalized spacial score (nSPS) is 13.8. The number of hydrogen-bond acceptors (Lipinski definition) is 5.